The molecular weight excluding hydrogens is 418 g/mol. The molecule has 0 spiro atoms. The molecule has 2 aromatic rings. The third-order valence-electron chi connectivity index (χ3n) is 6.19. The van der Waals surface area contributed by atoms with Crippen molar-refractivity contribution < 1.29 is 19.4 Å². The summed E-state index contributed by atoms with van der Waals surface area (Å²) in [5.41, 5.74) is 5.33. The van der Waals surface area contributed by atoms with Gasteiger partial charge in [0.25, 0.3) is 0 Å². The average Bonchev–Trinajstić information content (AvgIpc) is 2.81. The number of nitriles is 1. The molecule has 1 fully saturated rings. The van der Waals surface area contributed by atoms with Crippen molar-refractivity contribution in [2.24, 2.45) is 0 Å². The predicted molar refractivity (Wildman–Crippen MR) is 129 cm³/mol. The molecule has 0 saturated carbocycles. The number of benzene rings is 2. The monoisotopic (exact) mass is 451 g/mol. The van der Waals surface area contributed by atoms with Crippen LogP contribution in [0.1, 0.15) is 48.8 Å². The van der Waals surface area contributed by atoms with E-state index in [1.807, 2.05) is 37.3 Å². The summed E-state index contributed by atoms with van der Waals surface area (Å²) in [6, 6.07) is 14.4. The molecule has 7 nitrogen and oxygen atoms in total. The third kappa shape index (κ3) is 6.25. The number of hydrogen-bond acceptors (Lipinski definition) is 6. The van der Waals surface area contributed by atoms with Gasteiger partial charge in [-0.1, -0.05) is 6.07 Å². The number of carboxylic acids is 1. The van der Waals surface area contributed by atoms with Gasteiger partial charge in [-0.05, 0) is 68.1 Å². The molecule has 0 radical (unpaired) electrons. The lowest BCUT2D eigenvalue weighted by Gasteiger charge is -2.37. The molecule has 0 aliphatic carbocycles. The maximum atomic E-state index is 11.4. The Hall–Kier alpha value is -3.08. The van der Waals surface area contributed by atoms with Crippen LogP contribution in [-0.2, 0) is 14.3 Å². The van der Waals surface area contributed by atoms with Gasteiger partial charge in [-0.15, -0.1) is 0 Å². The Bertz CT molecular complexity index is 996. The van der Waals surface area contributed by atoms with Crippen LogP contribution in [-0.4, -0.2) is 50.6 Å². The van der Waals surface area contributed by atoms with Gasteiger partial charge in [0.15, 0.2) is 0 Å². The van der Waals surface area contributed by atoms with Gasteiger partial charge in [-0.25, -0.2) is 0 Å². The molecule has 33 heavy (non-hydrogen) atoms. The van der Waals surface area contributed by atoms with Crippen molar-refractivity contribution in [2.45, 2.75) is 45.1 Å². The summed E-state index contributed by atoms with van der Waals surface area (Å²) in [5.74, 6) is -1.10. The molecular formula is C26H33N3O4. The van der Waals surface area contributed by atoms with Gasteiger partial charge >= 0.3 is 5.97 Å². The van der Waals surface area contributed by atoms with Crippen molar-refractivity contribution in [3.05, 3.63) is 53.1 Å². The Balaban J connectivity index is 2.02. The lowest BCUT2D eigenvalue weighted by Crippen LogP contribution is -2.39. The van der Waals surface area contributed by atoms with Crippen molar-refractivity contribution in [1.29, 1.82) is 5.26 Å². The van der Waals surface area contributed by atoms with Crippen molar-refractivity contribution >= 4 is 23.0 Å². The first-order valence-electron chi connectivity index (χ1n) is 11.4. The van der Waals surface area contributed by atoms with Crippen LogP contribution in [0.25, 0.3) is 0 Å². The standard InChI is InChI=1S/C26H33N3O4/c1-4-29(23-9-11-33-12-10-23)25-8-6-19(21(17-32-3)15-26(30)31)14-24(25)28-22-7-5-20(16-27)18(2)13-22/h5-8,13-14,21,23,28H,4,9-12,15,17H2,1-3H3,(H,30,31). The van der Waals surface area contributed by atoms with Gasteiger partial charge in [0.1, 0.15) is 0 Å². The topological polar surface area (TPSA) is 94.8 Å². The minimum absolute atomic E-state index is 0.0000567. The number of nitrogens with one attached hydrogen (secondary N) is 1. The number of rotatable bonds is 10. The van der Waals surface area contributed by atoms with Crippen LogP contribution in [0.3, 0.4) is 0 Å². The van der Waals surface area contributed by atoms with Crippen LogP contribution in [0.4, 0.5) is 17.1 Å². The second kappa shape index (κ2) is 11.7. The highest BCUT2D eigenvalue weighted by molar-refractivity contribution is 5.77. The number of hydrogen-bond donors (Lipinski definition) is 2. The minimum Gasteiger partial charge on any atom is -0.481 e. The van der Waals surface area contributed by atoms with E-state index in [1.165, 1.54) is 0 Å². The predicted octanol–water partition coefficient (Wildman–Crippen LogP) is 4.82. The van der Waals surface area contributed by atoms with E-state index in [0.717, 1.165) is 60.8 Å². The summed E-state index contributed by atoms with van der Waals surface area (Å²) in [6.45, 7) is 6.76. The van der Waals surface area contributed by atoms with Crippen LogP contribution in [0.2, 0.25) is 0 Å². The molecule has 176 valence electrons. The summed E-state index contributed by atoms with van der Waals surface area (Å²) < 4.78 is 10.9. The van der Waals surface area contributed by atoms with Crippen molar-refractivity contribution in [3.8, 4) is 6.07 Å². The molecule has 2 aromatic carbocycles. The molecule has 1 atom stereocenters. The third-order valence-corrected chi connectivity index (χ3v) is 6.19. The van der Waals surface area contributed by atoms with Gasteiger partial charge < -0.3 is 24.8 Å². The van der Waals surface area contributed by atoms with Crippen LogP contribution in [0.15, 0.2) is 36.4 Å². The summed E-state index contributed by atoms with van der Waals surface area (Å²) in [7, 11) is 1.59. The summed E-state index contributed by atoms with van der Waals surface area (Å²) in [6.07, 6.45) is 1.94. The molecule has 2 N–H and O–H groups in total. The van der Waals surface area contributed by atoms with E-state index in [2.05, 4.69) is 29.3 Å². The molecule has 1 aliphatic rings. The summed E-state index contributed by atoms with van der Waals surface area (Å²) >= 11 is 0. The van der Waals surface area contributed by atoms with E-state index >= 15 is 0 Å². The fraction of sp³-hybridized carbons (Fsp3) is 0.462. The minimum atomic E-state index is -0.851. The van der Waals surface area contributed by atoms with E-state index in [4.69, 9.17) is 9.47 Å². The number of aliphatic carboxylic acids is 1. The lowest BCUT2D eigenvalue weighted by molar-refractivity contribution is -0.137. The van der Waals surface area contributed by atoms with Gasteiger partial charge in [0.05, 0.1) is 36.0 Å². The molecule has 1 heterocycles. The highest BCUT2D eigenvalue weighted by Gasteiger charge is 2.24. The number of aryl methyl sites for hydroxylation is 1. The Morgan fingerprint density at radius 3 is 2.67 bits per heavy atom. The fourth-order valence-corrected chi connectivity index (χ4v) is 4.49. The molecule has 0 bridgehead atoms. The Morgan fingerprint density at radius 2 is 2.06 bits per heavy atom. The van der Waals surface area contributed by atoms with E-state index in [9.17, 15) is 15.2 Å². The number of anilines is 3. The summed E-state index contributed by atoms with van der Waals surface area (Å²) in [5, 5.41) is 22.2. The zero-order valence-corrected chi connectivity index (χ0v) is 19.6. The smallest absolute Gasteiger partial charge is 0.304 e. The van der Waals surface area contributed by atoms with Crippen molar-refractivity contribution in [3.63, 3.8) is 0 Å². The zero-order valence-electron chi connectivity index (χ0n) is 19.6. The summed E-state index contributed by atoms with van der Waals surface area (Å²) in [4.78, 5) is 13.8. The van der Waals surface area contributed by atoms with Crippen LogP contribution >= 0.6 is 0 Å². The van der Waals surface area contributed by atoms with E-state index < -0.39 is 5.97 Å². The van der Waals surface area contributed by atoms with E-state index in [0.29, 0.717) is 18.2 Å². The molecule has 0 amide bonds. The quantitative estimate of drug-likeness (QED) is 0.535. The van der Waals surface area contributed by atoms with E-state index in [1.54, 1.807) is 7.11 Å². The molecule has 1 aliphatic heterocycles. The zero-order chi connectivity index (χ0) is 23.8. The van der Waals surface area contributed by atoms with Crippen molar-refractivity contribution in [2.75, 3.05) is 43.7 Å². The molecule has 3 rings (SSSR count). The van der Waals surface area contributed by atoms with Gasteiger partial charge in [0, 0.05) is 44.5 Å². The van der Waals surface area contributed by atoms with Crippen LogP contribution in [0, 0.1) is 18.3 Å². The number of carboxylic acid groups (broad SMARTS) is 1. The van der Waals surface area contributed by atoms with Crippen LogP contribution in [0.5, 0.6) is 0 Å². The number of methoxy groups -OCH3 is 1. The Kier molecular flexibility index (Phi) is 8.70. The largest absolute Gasteiger partial charge is 0.481 e. The lowest BCUT2D eigenvalue weighted by atomic mass is 9.94. The molecule has 1 unspecified atom stereocenters. The second-order valence-electron chi connectivity index (χ2n) is 8.42. The Morgan fingerprint density at radius 1 is 1.30 bits per heavy atom. The molecule has 0 aromatic heterocycles. The SMILES string of the molecule is CCN(c1ccc(C(COC)CC(=O)O)cc1Nc1ccc(C#N)c(C)c1)C1CCOCC1. The number of ether oxygens (including phenoxy) is 2. The average molecular weight is 452 g/mol. The maximum Gasteiger partial charge on any atom is 0.304 e. The Labute approximate surface area is 195 Å². The van der Waals surface area contributed by atoms with E-state index in [-0.39, 0.29) is 12.3 Å². The van der Waals surface area contributed by atoms with Crippen LogP contribution < -0.4 is 10.2 Å². The maximum absolute atomic E-state index is 11.4. The first-order chi connectivity index (χ1) is 16.0. The molecule has 1 saturated heterocycles. The molecule has 7 heteroatoms. The van der Waals surface area contributed by atoms with Gasteiger partial charge in [0.2, 0.25) is 0 Å². The van der Waals surface area contributed by atoms with Gasteiger partial charge in [-0.2, -0.15) is 5.26 Å². The highest BCUT2D eigenvalue weighted by Crippen LogP contribution is 2.36. The first kappa shape index (κ1) is 24.6. The van der Waals surface area contributed by atoms with Crippen molar-refractivity contribution in [1.82, 2.24) is 0 Å². The normalized spacial score (nSPS) is 15.0. The van der Waals surface area contributed by atoms with Gasteiger partial charge in [-0.3, -0.25) is 4.79 Å². The fourth-order valence-electron chi connectivity index (χ4n) is 4.49. The first-order valence-corrected chi connectivity index (χ1v) is 11.4. The highest BCUT2D eigenvalue weighted by atomic mass is 16.5. The second-order valence-corrected chi connectivity index (χ2v) is 8.42. The number of carbonyl (C=O) groups is 1. The number of nitrogens with zero attached hydrogens (tertiary/aromatic N) is 2.